The first-order chi connectivity index (χ1) is 12.7. The predicted octanol–water partition coefficient (Wildman–Crippen LogP) is 5.46. The summed E-state index contributed by atoms with van der Waals surface area (Å²) in [5.41, 5.74) is 5.51. The van der Waals surface area contributed by atoms with Gasteiger partial charge in [0.25, 0.3) is 0 Å². The van der Waals surface area contributed by atoms with Gasteiger partial charge in [-0.05, 0) is 42.3 Å². The number of ether oxygens (including phenoxy) is 2. The van der Waals surface area contributed by atoms with E-state index in [9.17, 15) is 0 Å². The van der Waals surface area contributed by atoms with Crippen LogP contribution in [0.4, 0.5) is 11.5 Å². The van der Waals surface area contributed by atoms with Gasteiger partial charge in [0.1, 0.15) is 5.82 Å². The molecule has 0 radical (unpaired) electrons. The molecule has 5 nitrogen and oxygen atoms in total. The number of anilines is 2. The summed E-state index contributed by atoms with van der Waals surface area (Å²) in [6.45, 7) is 2.19. The first kappa shape index (κ1) is 17.0. The molecule has 1 aliphatic carbocycles. The lowest BCUT2D eigenvalue weighted by Crippen LogP contribution is -2.01. The van der Waals surface area contributed by atoms with E-state index in [1.165, 1.54) is 11.1 Å². The van der Waals surface area contributed by atoms with Crippen molar-refractivity contribution in [2.24, 2.45) is 0 Å². The fourth-order valence-electron chi connectivity index (χ4n) is 3.67. The van der Waals surface area contributed by atoms with Gasteiger partial charge in [0.05, 0.1) is 19.9 Å². The van der Waals surface area contributed by atoms with Gasteiger partial charge in [0.15, 0.2) is 11.5 Å². The van der Waals surface area contributed by atoms with Crippen molar-refractivity contribution < 1.29 is 9.47 Å². The van der Waals surface area contributed by atoms with E-state index in [4.69, 9.17) is 9.47 Å². The molecule has 0 saturated carbocycles. The SMILES string of the molecule is CC[C@@H]1c2cc(OC)c(OC)cc2-c2n[nH]c(Nc3cccc(Br)c3)c21. The molecule has 0 fully saturated rings. The zero-order valence-corrected chi connectivity index (χ0v) is 16.5. The van der Waals surface area contributed by atoms with Gasteiger partial charge < -0.3 is 14.8 Å². The van der Waals surface area contributed by atoms with E-state index in [0.29, 0.717) is 0 Å². The highest BCUT2D eigenvalue weighted by atomic mass is 79.9. The lowest BCUT2D eigenvalue weighted by Gasteiger charge is -2.15. The fourth-order valence-corrected chi connectivity index (χ4v) is 4.07. The number of hydrogen-bond acceptors (Lipinski definition) is 4. The van der Waals surface area contributed by atoms with Crippen LogP contribution in [0.3, 0.4) is 0 Å². The Morgan fingerprint density at radius 1 is 1.15 bits per heavy atom. The molecular formula is C20H20BrN3O2. The largest absolute Gasteiger partial charge is 0.493 e. The normalized spacial score (nSPS) is 14.7. The molecule has 134 valence electrons. The number of aromatic amines is 1. The first-order valence-corrected chi connectivity index (χ1v) is 9.32. The highest BCUT2D eigenvalue weighted by Crippen LogP contribution is 2.51. The third-order valence-corrected chi connectivity index (χ3v) is 5.33. The molecule has 26 heavy (non-hydrogen) atoms. The van der Waals surface area contributed by atoms with Crippen molar-refractivity contribution in [3.8, 4) is 22.8 Å². The van der Waals surface area contributed by atoms with Crippen LogP contribution >= 0.6 is 15.9 Å². The Kier molecular flexibility index (Phi) is 4.36. The topological polar surface area (TPSA) is 59.2 Å². The highest BCUT2D eigenvalue weighted by Gasteiger charge is 2.34. The number of rotatable bonds is 5. The van der Waals surface area contributed by atoms with Crippen LogP contribution in [0, 0.1) is 0 Å². The van der Waals surface area contributed by atoms with Crippen LogP contribution < -0.4 is 14.8 Å². The minimum absolute atomic E-state index is 0.258. The summed E-state index contributed by atoms with van der Waals surface area (Å²) in [6.07, 6.45) is 0.974. The summed E-state index contributed by atoms with van der Waals surface area (Å²) in [5, 5.41) is 11.2. The molecule has 1 aliphatic rings. The standard InChI is InChI=1S/C20H20BrN3O2/c1-4-13-14-9-16(25-2)17(26-3)10-15(14)19-18(13)20(24-23-19)22-12-7-5-6-11(21)8-12/h5-10,13H,4H2,1-3H3,(H2,22,23,24)/t13-/m1/s1. The summed E-state index contributed by atoms with van der Waals surface area (Å²) in [6, 6.07) is 12.2. The molecule has 0 unspecified atom stereocenters. The third-order valence-electron chi connectivity index (χ3n) is 4.84. The average molecular weight is 414 g/mol. The number of benzene rings is 2. The number of hydrogen-bond donors (Lipinski definition) is 2. The molecule has 1 atom stereocenters. The summed E-state index contributed by atoms with van der Waals surface area (Å²) in [7, 11) is 3.32. The van der Waals surface area contributed by atoms with Crippen LogP contribution in [0.1, 0.15) is 30.4 Å². The molecule has 2 N–H and O–H groups in total. The van der Waals surface area contributed by atoms with Crippen LogP contribution in [0.25, 0.3) is 11.3 Å². The van der Waals surface area contributed by atoms with E-state index in [1.54, 1.807) is 14.2 Å². The number of nitrogens with zero attached hydrogens (tertiary/aromatic N) is 1. The van der Waals surface area contributed by atoms with Crippen LogP contribution in [0.2, 0.25) is 0 Å². The van der Waals surface area contributed by atoms with Crippen LogP contribution in [0.15, 0.2) is 40.9 Å². The van der Waals surface area contributed by atoms with Gasteiger partial charge in [0.2, 0.25) is 0 Å². The van der Waals surface area contributed by atoms with Crippen LogP contribution in [0.5, 0.6) is 11.5 Å². The number of methoxy groups -OCH3 is 2. The first-order valence-electron chi connectivity index (χ1n) is 8.53. The lowest BCUT2D eigenvalue weighted by atomic mass is 9.94. The Morgan fingerprint density at radius 3 is 2.62 bits per heavy atom. The lowest BCUT2D eigenvalue weighted by molar-refractivity contribution is 0.354. The van der Waals surface area contributed by atoms with E-state index in [2.05, 4.69) is 44.4 Å². The Hall–Kier alpha value is -2.47. The Bertz CT molecular complexity index is 968. The van der Waals surface area contributed by atoms with Gasteiger partial charge in [-0.15, -0.1) is 0 Å². The smallest absolute Gasteiger partial charge is 0.161 e. The van der Waals surface area contributed by atoms with Gasteiger partial charge in [-0.25, -0.2) is 0 Å². The van der Waals surface area contributed by atoms with Crippen molar-refractivity contribution in [1.82, 2.24) is 10.2 Å². The highest BCUT2D eigenvalue weighted by molar-refractivity contribution is 9.10. The number of aromatic nitrogens is 2. The molecule has 1 heterocycles. The molecular weight excluding hydrogens is 394 g/mol. The van der Waals surface area contributed by atoms with E-state index in [-0.39, 0.29) is 5.92 Å². The average Bonchev–Trinajstić information content (AvgIpc) is 3.18. The summed E-state index contributed by atoms with van der Waals surface area (Å²) in [4.78, 5) is 0. The number of nitrogens with one attached hydrogen (secondary N) is 2. The Labute approximate surface area is 160 Å². The van der Waals surface area contributed by atoms with Crippen molar-refractivity contribution in [3.63, 3.8) is 0 Å². The molecule has 1 aromatic heterocycles. The van der Waals surface area contributed by atoms with Crippen molar-refractivity contribution in [2.75, 3.05) is 19.5 Å². The fraction of sp³-hybridized carbons (Fsp3) is 0.250. The Balaban J connectivity index is 1.80. The van der Waals surface area contributed by atoms with Crippen molar-refractivity contribution >= 4 is 27.4 Å². The van der Waals surface area contributed by atoms with E-state index in [0.717, 1.165) is 45.2 Å². The summed E-state index contributed by atoms with van der Waals surface area (Å²) in [5.74, 6) is 2.66. The second-order valence-corrected chi connectivity index (χ2v) is 7.17. The molecule has 0 amide bonds. The van der Waals surface area contributed by atoms with Crippen molar-refractivity contribution in [3.05, 3.63) is 52.0 Å². The number of fused-ring (bicyclic) bond motifs is 3. The molecule has 2 aromatic carbocycles. The monoisotopic (exact) mass is 413 g/mol. The van der Waals surface area contributed by atoms with Gasteiger partial charge in [-0.1, -0.05) is 28.9 Å². The van der Waals surface area contributed by atoms with E-state index in [1.807, 2.05) is 30.3 Å². The molecule has 0 bridgehead atoms. The predicted molar refractivity (Wildman–Crippen MR) is 107 cm³/mol. The van der Waals surface area contributed by atoms with Gasteiger partial charge in [-0.2, -0.15) is 5.10 Å². The maximum absolute atomic E-state index is 5.49. The van der Waals surface area contributed by atoms with Gasteiger partial charge >= 0.3 is 0 Å². The number of H-pyrrole nitrogens is 1. The molecule has 0 spiro atoms. The van der Waals surface area contributed by atoms with Crippen molar-refractivity contribution in [2.45, 2.75) is 19.3 Å². The van der Waals surface area contributed by atoms with Crippen molar-refractivity contribution in [1.29, 1.82) is 0 Å². The molecule has 3 aromatic rings. The Morgan fingerprint density at radius 2 is 1.92 bits per heavy atom. The zero-order valence-electron chi connectivity index (χ0n) is 14.9. The molecule has 0 aliphatic heterocycles. The van der Waals surface area contributed by atoms with Gasteiger partial charge in [-0.3, -0.25) is 5.10 Å². The minimum Gasteiger partial charge on any atom is -0.493 e. The zero-order chi connectivity index (χ0) is 18.3. The van der Waals surface area contributed by atoms with E-state index < -0.39 is 0 Å². The van der Waals surface area contributed by atoms with E-state index >= 15 is 0 Å². The second-order valence-electron chi connectivity index (χ2n) is 6.25. The molecule has 4 rings (SSSR count). The third kappa shape index (κ3) is 2.65. The maximum Gasteiger partial charge on any atom is 0.161 e. The molecule has 6 heteroatoms. The summed E-state index contributed by atoms with van der Waals surface area (Å²) >= 11 is 3.52. The van der Waals surface area contributed by atoms with Crippen LogP contribution in [-0.4, -0.2) is 24.4 Å². The summed E-state index contributed by atoms with van der Waals surface area (Å²) < 4.78 is 12.0. The maximum atomic E-state index is 5.49. The molecule has 0 saturated heterocycles. The second kappa shape index (κ2) is 6.68. The van der Waals surface area contributed by atoms with Gasteiger partial charge in [0, 0.05) is 27.2 Å². The number of halogens is 1. The van der Waals surface area contributed by atoms with Crippen LogP contribution in [-0.2, 0) is 0 Å². The minimum atomic E-state index is 0.258. The quantitative estimate of drug-likeness (QED) is 0.583.